The Hall–Kier alpha value is -3.30. The van der Waals surface area contributed by atoms with Crippen LogP contribution in [0.4, 0.5) is 14.6 Å². The average Bonchev–Trinajstić information content (AvgIpc) is 3.02. The van der Waals surface area contributed by atoms with E-state index in [0.717, 1.165) is 0 Å². The van der Waals surface area contributed by atoms with Crippen molar-refractivity contribution >= 4 is 22.9 Å². The Kier molecular flexibility index (Phi) is 5.15. The summed E-state index contributed by atoms with van der Waals surface area (Å²) >= 11 is 0. The molecule has 0 aliphatic rings. The first-order valence-corrected chi connectivity index (χ1v) is 8.16. The summed E-state index contributed by atoms with van der Waals surface area (Å²) in [5.74, 6) is -1.38. The highest BCUT2D eigenvalue weighted by atomic mass is 19.1. The molecule has 0 saturated heterocycles. The highest BCUT2D eigenvalue weighted by molar-refractivity contribution is 5.82. The molecule has 2 heterocycles. The zero-order valence-corrected chi connectivity index (χ0v) is 14.8. The number of halogens is 2. The number of anilines is 1. The number of aromatic nitrogens is 4. The van der Waals surface area contributed by atoms with Crippen molar-refractivity contribution in [3.63, 3.8) is 0 Å². The third-order valence-electron chi connectivity index (χ3n) is 3.89. The number of ether oxygens (including phenoxy) is 1. The topological polar surface area (TPSA) is 108 Å². The Bertz CT molecular complexity index is 1000. The second-order valence-corrected chi connectivity index (χ2v) is 5.92. The highest BCUT2D eigenvalue weighted by Crippen LogP contribution is 2.22. The first-order valence-electron chi connectivity index (χ1n) is 8.16. The van der Waals surface area contributed by atoms with E-state index in [1.165, 1.54) is 30.0 Å². The number of carbonyl (C=O) groups excluding carboxylic acids is 1. The van der Waals surface area contributed by atoms with Crippen LogP contribution in [0.15, 0.2) is 18.5 Å². The van der Waals surface area contributed by atoms with Gasteiger partial charge in [0.05, 0.1) is 19.4 Å². The van der Waals surface area contributed by atoms with E-state index in [0.29, 0.717) is 11.1 Å². The fourth-order valence-electron chi connectivity index (χ4n) is 2.53. The molecule has 0 aliphatic carbocycles. The third-order valence-corrected chi connectivity index (χ3v) is 3.89. The van der Waals surface area contributed by atoms with Crippen molar-refractivity contribution in [1.82, 2.24) is 24.8 Å². The number of imidazole rings is 1. The monoisotopic (exact) mass is 376 g/mol. The zero-order chi connectivity index (χ0) is 19.6. The Labute approximate surface area is 153 Å². The number of hydrogen-bond donors (Lipinski definition) is 2. The normalized spacial score (nSPS) is 11.0. The third kappa shape index (κ3) is 3.94. The minimum absolute atomic E-state index is 0.0164. The van der Waals surface area contributed by atoms with Crippen LogP contribution in [0.1, 0.15) is 18.1 Å². The zero-order valence-electron chi connectivity index (χ0n) is 14.8. The molecule has 0 aliphatic heterocycles. The van der Waals surface area contributed by atoms with Gasteiger partial charge in [0.25, 0.3) is 0 Å². The van der Waals surface area contributed by atoms with Gasteiger partial charge in [0, 0.05) is 12.5 Å². The molecule has 0 atom stereocenters. The van der Waals surface area contributed by atoms with Crippen molar-refractivity contribution in [2.24, 2.45) is 0 Å². The molecule has 1 amide bonds. The van der Waals surface area contributed by atoms with Crippen LogP contribution in [-0.2, 0) is 11.3 Å². The first-order chi connectivity index (χ1) is 12.9. The van der Waals surface area contributed by atoms with Gasteiger partial charge in [-0.05, 0) is 18.6 Å². The number of rotatable bonds is 6. The minimum Gasteiger partial charge on any atom is -0.461 e. The number of fused-ring (bicyclic) bond motifs is 1. The van der Waals surface area contributed by atoms with Gasteiger partial charge in [-0.25, -0.2) is 13.8 Å². The van der Waals surface area contributed by atoms with Crippen LogP contribution in [0, 0.1) is 18.6 Å². The number of benzene rings is 1. The Morgan fingerprint density at radius 1 is 1.33 bits per heavy atom. The van der Waals surface area contributed by atoms with E-state index in [1.807, 2.05) is 0 Å². The molecular weight excluding hydrogens is 358 g/mol. The molecule has 8 nitrogen and oxygen atoms in total. The lowest BCUT2D eigenvalue weighted by molar-refractivity contribution is -0.119. The molecular formula is C17H18F2N6O2. The molecule has 1 aromatic carbocycles. The van der Waals surface area contributed by atoms with Crippen molar-refractivity contribution in [2.75, 3.05) is 18.9 Å². The summed E-state index contributed by atoms with van der Waals surface area (Å²) in [7, 11) is 0. The summed E-state index contributed by atoms with van der Waals surface area (Å²) in [5.41, 5.74) is 6.71. The molecule has 0 saturated carbocycles. The van der Waals surface area contributed by atoms with Crippen LogP contribution in [0.5, 0.6) is 6.01 Å². The number of amides is 1. The van der Waals surface area contributed by atoms with E-state index < -0.39 is 11.6 Å². The summed E-state index contributed by atoms with van der Waals surface area (Å²) in [5, 5.41) is 2.57. The number of aryl methyl sites for hydroxylation is 1. The number of hydrogen-bond acceptors (Lipinski definition) is 6. The van der Waals surface area contributed by atoms with Crippen LogP contribution in [0.2, 0.25) is 0 Å². The van der Waals surface area contributed by atoms with Gasteiger partial charge in [-0.1, -0.05) is 6.07 Å². The smallest absolute Gasteiger partial charge is 0.320 e. The molecule has 3 rings (SSSR count). The van der Waals surface area contributed by atoms with Gasteiger partial charge in [-0.2, -0.15) is 9.97 Å². The van der Waals surface area contributed by atoms with E-state index in [1.54, 1.807) is 6.92 Å². The molecule has 0 fully saturated rings. The van der Waals surface area contributed by atoms with Gasteiger partial charge in [0.1, 0.15) is 18.2 Å². The molecule has 2 aromatic heterocycles. The quantitative estimate of drug-likeness (QED) is 0.632. The molecule has 3 N–H and O–H groups in total. The van der Waals surface area contributed by atoms with Crippen molar-refractivity contribution in [1.29, 1.82) is 0 Å². The van der Waals surface area contributed by atoms with E-state index >= 15 is 0 Å². The van der Waals surface area contributed by atoms with Crippen LogP contribution in [-0.4, -0.2) is 38.6 Å². The molecule has 0 radical (unpaired) electrons. The molecule has 0 spiro atoms. The molecule has 0 bridgehead atoms. The lowest BCUT2D eigenvalue weighted by atomic mass is 10.1. The SMILES string of the molecule is CC(=O)NCCOc1nc(N)c2ncn(Cc3c(F)ccc(C)c3F)c2n1. The summed E-state index contributed by atoms with van der Waals surface area (Å²) in [6.07, 6.45) is 1.39. The van der Waals surface area contributed by atoms with Crippen molar-refractivity contribution in [3.05, 3.63) is 41.2 Å². The maximum Gasteiger partial charge on any atom is 0.320 e. The van der Waals surface area contributed by atoms with Crippen molar-refractivity contribution in [3.8, 4) is 6.01 Å². The molecule has 3 aromatic rings. The fraction of sp³-hybridized carbons (Fsp3) is 0.294. The highest BCUT2D eigenvalue weighted by Gasteiger charge is 2.16. The molecule has 142 valence electrons. The number of nitrogens with one attached hydrogen (secondary N) is 1. The van der Waals surface area contributed by atoms with Crippen LogP contribution in [0.3, 0.4) is 0 Å². The summed E-state index contributed by atoms with van der Waals surface area (Å²) in [6.45, 7) is 3.25. The van der Waals surface area contributed by atoms with Crippen molar-refractivity contribution in [2.45, 2.75) is 20.4 Å². The predicted octanol–water partition coefficient (Wildman–Crippen LogP) is 1.56. The molecule has 0 unspecified atom stereocenters. The number of nitrogens with zero attached hydrogens (tertiary/aromatic N) is 4. The largest absolute Gasteiger partial charge is 0.461 e. The van der Waals surface area contributed by atoms with E-state index in [2.05, 4.69) is 20.3 Å². The van der Waals surface area contributed by atoms with Gasteiger partial charge >= 0.3 is 6.01 Å². The fourth-order valence-corrected chi connectivity index (χ4v) is 2.53. The van der Waals surface area contributed by atoms with Crippen LogP contribution >= 0.6 is 0 Å². The van der Waals surface area contributed by atoms with Gasteiger partial charge in [0.15, 0.2) is 17.0 Å². The van der Waals surface area contributed by atoms with Crippen LogP contribution < -0.4 is 15.8 Å². The summed E-state index contributed by atoms with van der Waals surface area (Å²) in [4.78, 5) is 23.2. The van der Waals surface area contributed by atoms with Gasteiger partial charge in [0.2, 0.25) is 5.91 Å². The first kappa shape index (κ1) is 18.5. The maximum absolute atomic E-state index is 14.3. The molecule has 27 heavy (non-hydrogen) atoms. The van der Waals surface area contributed by atoms with Crippen LogP contribution in [0.25, 0.3) is 11.2 Å². The molecule has 10 heteroatoms. The summed E-state index contributed by atoms with van der Waals surface area (Å²) in [6, 6.07) is 2.58. The maximum atomic E-state index is 14.3. The Balaban J connectivity index is 1.89. The van der Waals surface area contributed by atoms with Gasteiger partial charge in [-0.3, -0.25) is 4.79 Å². The van der Waals surface area contributed by atoms with Crippen molar-refractivity contribution < 1.29 is 18.3 Å². The van der Waals surface area contributed by atoms with Gasteiger partial charge < -0.3 is 20.4 Å². The van der Waals surface area contributed by atoms with Gasteiger partial charge in [-0.15, -0.1) is 0 Å². The van der Waals surface area contributed by atoms with E-state index in [-0.39, 0.29) is 48.6 Å². The Morgan fingerprint density at radius 3 is 2.85 bits per heavy atom. The number of nitrogens with two attached hydrogens (primary N) is 1. The standard InChI is InChI=1S/C17H18F2N6O2/c1-9-3-4-12(18)11(13(9)19)7-25-8-22-14-15(20)23-17(24-16(14)25)27-6-5-21-10(2)26/h3-4,8H,5-7H2,1-2H3,(H,21,26)(H2,20,23,24). The minimum atomic E-state index is -0.659. The lowest BCUT2D eigenvalue weighted by Gasteiger charge is -2.10. The number of carbonyl (C=O) groups is 1. The second kappa shape index (κ2) is 7.52. The number of nitrogen functional groups attached to an aromatic ring is 1. The average molecular weight is 376 g/mol. The lowest BCUT2D eigenvalue weighted by Crippen LogP contribution is -2.25. The Morgan fingerprint density at radius 2 is 2.11 bits per heavy atom. The second-order valence-electron chi connectivity index (χ2n) is 5.92. The van der Waals surface area contributed by atoms with E-state index in [9.17, 15) is 13.6 Å². The summed E-state index contributed by atoms with van der Waals surface area (Å²) < 4.78 is 35.2. The van der Waals surface area contributed by atoms with E-state index in [4.69, 9.17) is 10.5 Å². The predicted molar refractivity (Wildman–Crippen MR) is 94.1 cm³/mol.